The third kappa shape index (κ3) is 6.15. The van der Waals surface area contributed by atoms with Gasteiger partial charge in [-0.2, -0.15) is 13.2 Å². The van der Waals surface area contributed by atoms with Gasteiger partial charge in [0.2, 0.25) is 5.76 Å². The molecule has 0 aliphatic heterocycles. The summed E-state index contributed by atoms with van der Waals surface area (Å²) < 4.78 is 57.9. The van der Waals surface area contributed by atoms with Crippen molar-refractivity contribution < 1.29 is 41.6 Å². The topological polar surface area (TPSA) is 160 Å². The normalized spacial score (nSPS) is 11.1. The van der Waals surface area contributed by atoms with E-state index >= 15 is 0 Å². The number of carbonyl (C=O) groups is 2. The second kappa shape index (κ2) is 11.1. The number of hydrogen-bond acceptors (Lipinski definition) is 8. The van der Waals surface area contributed by atoms with Crippen molar-refractivity contribution in [1.82, 2.24) is 15.8 Å². The maximum absolute atomic E-state index is 14.8. The van der Waals surface area contributed by atoms with Gasteiger partial charge in [0.1, 0.15) is 11.5 Å². The molecule has 0 radical (unpaired) electrons. The van der Waals surface area contributed by atoms with E-state index in [0.717, 1.165) is 36.5 Å². The quantitative estimate of drug-likeness (QED) is 0.143. The molecule has 0 aliphatic carbocycles. The fraction of sp³-hybridized carbons (Fsp3) is 0.0800. The Morgan fingerprint density at radius 2 is 1.77 bits per heavy atom. The number of aromatic hydroxyl groups is 1. The third-order valence-corrected chi connectivity index (χ3v) is 5.50. The van der Waals surface area contributed by atoms with Crippen LogP contribution in [0, 0.1) is 15.9 Å². The summed E-state index contributed by atoms with van der Waals surface area (Å²) in [6.45, 7) is -0.0701. The van der Waals surface area contributed by atoms with Crippen LogP contribution in [0.25, 0.3) is 11.1 Å². The summed E-state index contributed by atoms with van der Waals surface area (Å²) in [7, 11) is 0. The molecule has 0 atom stereocenters. The Bertz CT molecular complexity index is 1590. The Morgan fingerprint density at radius 3 is 2.42 bits per heavy atom. The molecule has 4 rings (SSSR count). The van der Waals surface area contributed by atoms with E-state index in [4.69, 9.17) is 4.42 Å². The first-order chi connectivity index (χ1) is 18.9. The predicted molar refractivity (Wildman–Crippen MR) is 130 cm³/mol. The van der Waals surface area contributed by atoms with Crippen LogP contribution in [-0.4, -0.2) is 26.8 Å². The largest absolute Gasteiger partial charge is 0.502 e. The monoisotopic (exact) mass is 559 g/mol. The molecule has 11 nitrogen and oxygen atoms in total. The van der Waals surface area contributed by atoms with Crippen molar-refractivity contribution in [1.29, 1.82) is 0 Å². The Hall–Kier alpha value is -5.47. The van der Waals surface area contributed by atoms with Gasteiger partial charge in [-0.1, -0.05) is 12.1 Å². The van der Waals surface area contributed by atoms with Crippen molar-refractivity contribution >= 4 is 23.2 Å². The molecule has 0 unspecified atom stereocenters. The van der Waals surface area contributed by atoms with Crippen LogP contribution in [0.1, 0.15) is 32.2 Å². The highest BCUT2D eigenvalue weighted by Crippen LogP contribution is 2.29. The zero-order chi connectivity index (χ0) is 29.0. The lowest BCUT2D eigenvalue weighted by Crippen LogP contribution is -2.41. The molecule has 2 aromatic carbocycles. The lowest BCUT2D eigenvalue weighted by atomic mass is 10.0. The van der Waals surface area contributed by atoms with E-state index in [1.807, 2.05) is 0 Å². The van der Waals surface area contributed by atoms with Gasteiger partial charge in [0, 0.05) is 29.3 Å². The van der Waals surface area contributed by atoms with Gasteiger partial charge in [0.15, 0.2) is 5.75 Å². The number of nitro groups is 1. The standard InChI is InChI=1S/C25H17F4N5O6/c26-18-9-13(1-2-15(18)11-30-16-4-6-21(31-12-16)25(27,28)29)17-7-8-40-22(17)24(37)33-32-23(36)14-3-5-20(35)19(10-14)34(38)39/h1-10,12,30,35H,11H2,(H,32,36)(H,33,37). The Morgan fingerprint density at radius 1 is 1.02 bits per heavy atom. The van der Waals surface area contributed by atoms with Crippen LogP contribution >= 0.6 is 0 Å². The maximum atomic E-state index is 14.8. The summed E-state index contributed by atoms with van der Waals surface area (Å²) in [5.41, 5.74) is 3.02. The van der Waals surface area contributed by atoms with Crippen LogP contribution in [0.15, 0.2) is 71.5 Å². The molecule has 4 aromatic rings. The molecule has 40 heavy (non-hydrogen) atoms. The molecule has 206 valence electrons. The predicted octanol–water partition coefficient (Wildman–Crippen LogP) is 4.80. The summed E-state index contributed by atoms with van der Waals surface area (Å²) in [6, 6.07) is 10.2. The van der Waals surface area contributed by atoms with E-state index in [1.54, 1.807) is 0 Å². The van der Waals surface area contributed by atoms with Crippen molar-refractivity contribution in [3.05, 3.63) is 106 Å². The zero-order valence-corrected chi connectivity index (χ0v) is 20.0. The maximum Gasteiger partial charge on any atom is 0.433 e. The van der Waals surface area contributed by atoms with Gasteiger partial charge < -0.3 is 14.8 Å². The van der Waals surface area contributed by atoms with Crippen molar-refractivity contribution in [2.45, 2.75) is 12.7 Å². The second-order valence-electron chi connectivity index (χ2n) is 8.12. The van der Waals surface area contributed by atoms with E-state index in [9.17, 15) is 42.4 Å². The van der Waals surface area contributed by atoms with Crippen molar-refractivity contribution in [2.24, 2.45) is 0 Å². The molecule has 2 heterocycles. The highest BCUT2D eigenvalue weighted by atomic mass is 19.4. The first-order valence-corrected chi connectivity index (χ1v) is 11.2. The number of aromatic nitrogens is 1. The van der Waals surface area contributed by atoms with Crippen molar-refractivity contribution in [3.8, 4) is 16.9 Å². The minimum atomic E-state index is -4.58. The molecule has 2 amide bonds. The van der Waals surface area contributed by atoms with Gasteiger partial charge in [-0.3, -0.25) is 30.6 Å². The molecule has 4 N–H and O–H groups in total. The van der Waals surface area contributed by atoms with Crippen LogP contribution < -0.4 is 16.2 Å². The van der Waals surface area contributed by atoms with Crippen LogP contribution in [0.3, 0.4) is 0 Å². The van der Waals surface area contributed by atoms with Crippen LogP contribution in [-0.2, 0) is 12.7 Å². The smallest absolute Gasteiger partial charge is 0.433 e. The molecule has 0 aliphatic rings. The van der Waals surface area contributed by atoms with E-state index in [2.05, 4.69) is 21.2 Å². The molecule has 0 saturated heterocycles. The van der Waals surface area contributed by atoms with Crippen molar-refractivity contribution in [2.75, 3.05) is 5.32 Å². The van der Waals surface area contributed by atoms with E-state index in [-0.39, 0.29) is 40.2 Å². The number of halogens is 4. The Labute approximate surface area is 221 Å². The Kier molecular flexibility index (Phi) is 7.65. The lowest BCUT2D eigenvalue weighted by molar-refractivity contribution is -0.385. The number of phenolic OH excluding ortho intramolecular Hbond substituents is 1. The van der Waals surface area contributed by atoms with Gasteiger partial charge in [-0.25, -0.2) is 9.37 Å². The number of phenols is 1. The highest BCUT2D eigenvalue weighted by Gasteiger charge is 2.32. The van der Waals surface area contributed by atoms with Gasteiger partial charge in [-0.05, 0) is 42.0 Å². The SMILES string of the molecule is O=C(NNC(=O)c1occc1-c1ccc(CNc2ccc(C(F)(F)F)nc2)c(F)c1)c1ccc(O)c([N+](=O)[O-])c1. The number of nitro benzene ring substituents is 1. The number of alkyl halides is 3. The summed E-state index contributed by atoms with van der Waals surface area (Å²) in [6.07, 6.45) is -2.43. The second-order valence-corrected chi connectivity index (χ2v) is 8.12. The number of amides is 2. The fourth-order valence-corrected chi connectivity index (χ4v) is 3.49. The molecule has 0 bridgehead atoms. The van der Waals surface area contributed by atoms with Gasteiger partial charge >= 0.3 is 17.8 Å². The van der Waals surface area contributed by atoms with E-state index in [0.29, 0.717) is 0 Å². The molecule has 0 fully saturated rings. The molecule has 0 spiro atoms. The number of pyridine rings is 1. The number of furan rings is 1. The molecule has 15 heteroatoms. The van der Waals surface area contributed by atoms with Crippen LogP contribution in [0.2, 0.25) is 0 Å². The first kappa shape index (κ1) is 27.6. The van der Waals surface area contributed by atoms with E-state index in [1.165, 1.54) is 30.5 Å². The molecular weight excluding hydrogens is 542 g/mol. The number of benzene rings is 2. The van der Waals surface area contributed by atoms with Crippen LogP contribution in [0.5, 0.6) is 5.75 Å². The average molecular weight is 559 g/mol. The van der Waals surface area contributed by atoms with Gasteiger partial charge in [0.05, 0.1) is 23.1 Å². The molecule has 0 saturated carbocycles. The number of nitrogens with one attached hydrogen (secondary N) is 3. The highest BCUT2D eigenvalue weighted by molar-refractivity contribution is 6.01. The number of carbonyl (C=O) groups excluding carboxylic acids is 2. The lowest BCUT2D eigenvalue weighted by Gasteiger charge is -2.11. The Balaban J connectivity index is 1.41. The number of hydrazine groups is 1. The van der Waals surface area contributed by atoms with Gasteiger partial charge in [-0.15, -0.1) is 0 Å². The van der Waals surface area contributed by atoms with Gasteiger partial charge in [0.25, 0.3) is 5.91 Å². The minimum Gasteiger partial charge on any atom is -0.502 e. The fourth-order valence-electron chi connectivity index (χ4n) is 3.49. The number of hydrogen-bond donors (Lipinski definition) is 4. The average Bonchev–Trinajstić information content (AvgIpc) is 3.41. The zero-order valence-electron chi connectivity index (χ0n) is 20.0. The summed E-state index contributed by atoms with van der Waals surface area (Å²) >= 11 is 0. The van der Waals surface area contributed by atoms with E-state index < -0.39 is 45.9 Å². The number of anilines is 1. The summed E-state index contributed by atoms with van der Waals surface area (Å²) in [5.74, 6) is -3.44. The third-order valence-electron chi connectivity index (χ3n) is 5.50. The number of nitrogens with zero attached hydrogens (tertiary/aromatic N) is 2. The summed E-state index contributed by atoms with van der Waals surface area (Å²) in [5, 5.41) is 23.2. The number of rotatable bonds is 7. The van der Waals surface area contributed by atoms with Crippen molar-refractivity contribution in [3.63, 3.8) is 0 Å². The van der Waals surface area contributed by atoms with Crippen LogP contribution in [0.4, 0.5) is 28.9 Å². The molecular formula is C25H17F4N5O6. The first-order valence-electron chi connectivity index (χ1n) is 11.2. The molecule has 2 aromatic heterocycles. The summed E-state index contributed by atoms with van der Waals surface area (Å²) in [4.78, 5) is 38.3. The minimum absolute atomic E-state index is 0.0701.